The van der Waals surface area contributed by atoms with Gasteiger partial charge in [-0.1, -0.05) is 36.4 Å². The standard InChI is InChI=1S/C20H24FN3O/c21-18-9-4-10-19(16-18)23-12-14-24(15-13-23)20(25)22-11-5-8-17-6-2-1-3-7-17/h1-4,6-7,9-10,16H,5,8,11-15H2,(H,22,25). The molecule has 2 aromatic rings. The van der Waals surface area contributed by atoms with Crippen LogP contribution in [0.25, 0.3) is 0 Å². The third-order valence-electron chi connectivity index (χ3n) is 4.50. The first-order valence-electron chi connectivity index (χ1n) is 8.79. The first kappa shape index (κ1) is 17.3. The average molecular weight is 341 g/mol. The third kappa shape index (κ3) is 4.95. The highest BCUT2D eigenvalue weighted by Crippen LogP contribution is 2.17. The van der Waals surface area contributed by atoms with Crippen LogP contribution in [0.5, 0.6) is 0 Å². The van der Waals surface area contributed by atoms with Crippen LogP contribution in [0.4, 0.5) is 14.9 Å². The Hall–Kier alpha value is -2.56. The van der Waals surface area contributed by atoms with Crippen molar-refractivity contribution in [3.63, 3.8) is 0 Å². The molecule has 0 saturated carbocycles. The van der Waals surface area contributed by atoms with Gasteiger partial charge in [-0.15, -0.1) is 0 Å². The van der Waals surface area contributed by atoms with E-state index in [1.54, 1.807) is 12.1 Å². The number of carbonyl (C=O) groups is 1. The van der Waals surface area contributed by atoms with E-state index in [9.17, 15) is 9.18 Å². The highest BCUT2D eigenvalue weighted by Gasteiger charge is 2.21. The van der Waals surface area contributed by atoms with Crippen LogP contribution in [0.1, 0.15) is 12.0 Å². The van der Waals surface area contributed by atoms with Crippen LogP contribution in [0.15, 0.2) is 54.6 Å². The van der Waals surface area contributed by atoms with Crippen LogP contribution >= 0.6 is 0 Å². The maximum absolute atomic E-state index is 13.3. The molecule has 2 aromatic carbocycles. The molecule has 2 amide bonds. The maximum atomic E-state index is 13.3. The molecule has 0 aliphatic carbocycles. The highest BCUT2D eigenvalue weighted by molar-refractivity contribution is 5.74. The number of nitrogens with one attached hydrogen (secondary N) is 1. The number of hydrogen-bond donors (Lipinski definition) is 1. The molecule has 0 aromatic heterocycles. The number of nitrogens with zero attached hydrogens (tertiary/aromatic N) is 2. The summed E-state index contributed by atoms with van der Waals surface area (Å²) in [7, 11) is 0. The quantitative estimate of drug-likeness (QED) is 0.847. The number of piperazine rings is 1. The molecule has 4 nitrogen and oxygen atoms in total. The summed E-state index contributed by atoms with van der Waals surface area (Å²) in [6.07, 6.45) is 1.90. The van der Waals surface area contributed by atoms with Crippen molar-refractivity contribution in [1.29, 1.82) is 0 Å². The van der Waals surface area contributed by atoms with Crippen molar-refractivity contribution in [1.82, 2.24) is 10.2 Å². The Balaban J connectivity index is 1.38. The number of amides is 2. The van der Waals surface area contributed by atoms with Gasteiger partial charge in [-0.05, 0) is 36.6 Å². The minimum absolute atomic E-state index is 0.00745. The molecule has 0 atom stereocenters. The number of benzene rings is 2. The lowest BCUT2D eigenvalue weighted by Crippen LogP contribution is -2.52. The lowest BCUT2D eigenvalue weighted by Gasteiger charge is -2.36. The van der Waals surface area contributed by atoms with E-state index in [0.717, 1.165) is 31.6 Å². The molecule has 25 heavy (non-hydrogen) atoms. The van der Waals surface area contributed by atoms with Crippen molar-refractivity contribution in [3.05, 3.63) is 66.0 Å². The number of urea groups is 1. The van der Waals surface area contributed by atoms with Crippen LogP contribution in [-0.4, -0.2) is 43.7 Å². The second kappa shape index (κ2) is 8.51. The van der Waals surface area contributed by atoms with Gasteiger partial charge in [0.2, 0.25) is 0 Å². The number of carbonyl (C=O) groups excluding carboxylic acids is 1. The Bertz CT molecular complexity index is 684. The number of anilines is 1. The summed E-state index contributed by atoms with van der Waals surface area (Å²) in [5.41, 5.74) is 2.17. The minimum atomic E-state index is -0.226. The zero-order valence-corrected chi connectivity index (χ0v) is 14.3. The Morgan fingerprint density at radius 3 is 2.48 bits per heavy atom. The van der Waals surface area contributed by atoms with Gasteiger partial charge in [-0.25, -0.2) is 9.18 Å². The Kier molecular flexibility index (Phi) is 5.88. The fraction of sp³-hybridized carbons (Fsp3) is 0.350. The molecule has 0 radical (unpaired) electrons. The third-order valence-corrected chi connectivity index (χ3v) is 4.50. The molecular weight excluding hydrogens is 317 g/mol. The summed E-state index contributed by atoms with van der Waals surface area (Å²) in [5.74, 6) is -0.226. The SMILES string of the molecule is O=C(NCCCc1ccccc1)N1CCN(c2cccc(F)c2)CC1. The number of halogens is 1. The van der Waals surface area contributed by atoms with E-state index in [4.69, 9.17) is 0 Å². The fourth-order valence-corrected chi connectivity index (χ4v) is 3.08. The monoisotopic (exact) mass is 341 g/mol. The summed E-state index contributed by atoms with van der Waals surface area (Å²) in [6, 6.07) is 16.9. The van der Waals surface area contributed by atoms with Crippen molar-refractivity contribution in [2.75, 3.05) is 37.6 Å². The molecule has 1 saturated heterocycles. The van der Waals surface area contributed by atoms with Crippen LogP contribution in [0.2, 0.25) is 0 Å². The van der Waals surface area contributed by atoms with Crippen LogP contribution in [0, 0.1) is 5.82 Å². The molecule has 1 fully saturated rings. The van der Waals surface area contributed by atoms with E-state index in [2.05, 4.69) is 22.3 Å². The second-order valence-corrected chi connectivity index (χ2v) is 6.28. The number of aryl methyl sites for hydroxylation is 1. The largest absolute Gasteiger partial charge is 0.368 e. The van der Waals surface area contributed by atoms with Gasteiger partial charge < -0.3 is 15.1 Å². The van der Waals surface area contributed by atoms with Gasteiger partial charge in [0.05, 0.1) is 0 Å². The normalized spacial score (nSPS) is 14.4. The minimum Gasteiger partial charge on any atom is -0.368 e. The van der Waals surface area contributed by atoms with Crippen molar-refractivity contribution >= 4 is 11.7 Å². The Morgan fingerprint density at radius 2 is 1.76 bits per heavy atom. The van der Waals surface area contributed by atoms with Crippen LogP contribution in [0.3, 0.4) is 0 Å². The predicted octanol–water partition coefficient (Wildman–Crippen LogP) is 3.29. The lowest BCUT2D eigenvalue weighted by molar-refractivity contribution is 0.194. The topological polar surface area (TPSA) is 35.6 Å². The van der Waals surface area contributed by atoms with Gasteiger partial charge in [-0.2, -0.15) is 0 Å². The van der Waals surface area contributed by atoms with E-state index in [1.807, 2.05) is 29.2 Å². The molecule has 132 valence electrons. The van der Waals surface area contributed by atoms with Crippen molar-refractivity contribution < 1.29 is 9.18 Å². The zero-order valence-electron chi connectivity index (χ0n) is 14.3. The maximum Gasteiger partial charge on any atom is 0.317 e. The molecule has 0 spiro atoms. The predicted molar refractivity (Wildman–Crippen MR) is 98.3 cm³/mol. The van der Waals surface area contributed by atoms with Crippen molar-refractivity contribution in [2.45, 2.75) is 12.8 Å². The molecule has 1 heterocycles. The molecule has 5 heteroatoms. The zero-order chi connectivity index (χ0) is 17.5. The van der Waals surface area contributed by atoms with E-state index >= 15 is 0 Å². The molecule has 1 aliphatic heterocycles. The van der Waals surface area contributed by atoms with E-state index < -0.39 is 0 Å². The van der Waals surface area contributed by atoms with Crippen LogP contribution in [-0.2, 0) is 6.42 Å². The van der Waals surface area contributed by atoms with Crippen molar-refractivity contribution in [3.8, 4) is 0 Å². The summed E-state index contributed by atoms with van der Waals surface area (Å²) >= 11 is 0. The van der Waals surface area contributed by atoms with Gasteiger partial charge in [0.1, 0.15) is 5.82 Å². The van der Waals surface area contributed by atoms with E-state index in [0.29, 0.717) is 19.6 Å². The Labute approximate surface area is 148 Å². The number of rotatable bonds is 5. The summed E-state index contributed by atoms with van der Waals surface area (Å²) in [4.78, 5) is 16.2. The first-order chi connectivity index (χ1) is 12.2. The lowest BCUT2D eigenvalue weighted by atomic mass is 10.1. The van der Waals surface area contributed by atoms with E-state index in [-0.39, 0.29) is 11.8 Å². The van der Waals surface area contributed by atoms with Gasteiger partial charge in [-0.3, -0.25) is 0 Å². The molecule has 0 bridgehead atoms. The number of hydrogen-bond acceptors (Lipinski definition) is 2. The van der Waals surface area contributed by atoms with Crippen LogP contribution < -0.4 is 10.2 Å². The second-order valence-electron chi connectivity index (χ2n) is 6.28. The summed E-state index contributed by atoms with van der Waals surface area (Å²) in [6.45, 7) is 3.43. The van der Waals surface area contributed by atoms with Gasteiger partial charge in [0, 0.05) is 38.4 Å². The molecule has 1 N–H and O–H groups in total. The summed E-state index contributed by atoms with van der Waals surface area (Å²) in [5, 5.41) is 2.99. The van der Waals surface area contributed by atoms with Gasteiger partial charge in [0.25, 0.3) is 0 Å². The fourth-order valence-electron chi connectivity index (χ4n) is 3.08. The highest BCUT2D eigenvalue weighted by atomic mass is 19.1. The molecule has 0 unspecified atom stereocenters. The van der Waals surface area contributed by atoms with Crippen molar-refractivity contribution in [2.24, 2.45) is 0 Å². The van der Waals surface area contributed by atoms with E-state index in [1.165, 1.54) is 11.6 Å². The first-order valence-corrected chi connectivity index (χ1v) is 8.79. The van der Waals surface area contributed by atoms with Gasteiger partial charge in [0.15, 0.2) is 0 Å². The molecule has 3 rings (SSSR count). The Morgan fingerprint density at radius 1 is 1.00 bits per heavy atom. The smallest absolute Gasteiger partial charge is 0.317 e. The summed E-state index contributed by atoms with van der Waals surface area (Å²) < 4.78 is 13.3. The van der Waals surface area contributed by atoms with Gasteiger partial charge >= 0.3 is 6.03 Å². The molecular formula is C20H24FN3O. The average Bonchev–Trinajstić information content (AvgIpc) is 2.66. The molecule has 1 aliphatic rings.